The van der Waals surface area contributed by atoms with Gasteiger partial charge in [-0.05, 0) is 6.92 Å². The van der Waals surface area contributed by atoms with E-state index in [9.17, 15) is 8.42 Å². The first-order valence-electron chi connectivity index (χ1n) is 4.26. The van der Waals surface area contributed by atoms with E-state index in [1.54, 1.807) is 19.2 Å². The highest BCUT2D eigenvalue weighted by Crippen LogP contribution is 2.20. The quantitative estimate of drug-likeness (QED) is 0.748. The first kappa shape index (κ1) is 11.0. The molecule has 2 aromatic rings. The molecule has 0 aliphatic carbocycles. The van der Waals surface area contributed by atoms with Crippen molar-refractivity contribution in [3.63, 3.8) is 0 Å². The molecule has 0 aliphatic heterocycles. The van der Waals surface area contributed by atoms with E-state index in [1.165, 1.54) is 17.2 Å². The summed E-state index contributed by atoms with van der Waals surface area (Å²) >= 11 is 0. The molecule has 0 saturated heterocycles. The molecule has 0 bridgehead atoms. The van der Waals surface area contributed by atoms with Gasteiger partial charge in [-0.1, -0.05) is 0 Å². The second kappa shape index (κ2) is 3.84. The Morgan fingerprint density at radius 2 is 2.19 bits per heavy atom. The molecule has 0 aliphatic rings. The summed E-state index contributed by atoms with van der Waals surface area (Å²) in [5.74, 6) is 0.485. The van der Waals surface area contributed by atoms with E-state index in [-0.39, 0.29) is 4.90 Å². The van der Waals surface area contributed by atoms with Gasteiger partial charge in [0, 0.05) is 22.9 Å². The summed E-state index contributed by atoms with van der Waals surface area (Å²) in [4.78, 5) is 7.70. The summed E-state index contributed by atoms with van der Waals surface area (Å²) in [5, 5.41) is 3.92. The van der Waals surface area contributed by atoms with Crippen LogP contribution in [0.1, 0.15) is 5.69 Å². The van der Waals surface area contributed by atoms with Gasteiger partial charge in [0.2, 0.25) is 0 Å². The minimum atomic E-state index is -3.78. The first-order chi connectivity index (χ1) is 7.50. The molecule has 0 aromatic carbocycles. The molecule has 6 nitrogen and oxygen atoms in total. The van der Waals surface area contributed by atoms with E-state index in [0.29, 0.717) is 11.5 Å². The van der Waals surface area contributed by atoms with Crippen LogP contribution in [-0.4, -0.2) is 28.2 Å². The topological polar surface area (TPSA) is 77.7 Å². The van der Waals surface area contributed by atoms with Crippen LogP contribution in [0.2, 0.25) is 0 Å². The molecule has 2 rings (SSSR count). The molecule has 0 fully saturated rings. The van der Waals surface area contributed by atoms with Crippen molar-refractivity contribution in [2.45, 2.75) is 11.8 Å². The lowest BCUT2D eigenvalue weighted by Crippen LogP contribution is -2.02. The first-order valence-corrected chi connectivity index (χ1v) is 6.57. The van der Waals surface area contributed by atoms with Crippen LogP contribution in [0.25, 0.3) is 5.82 Å². The lowest BCUT2D eigenvalue weighted by atomic mass is 10.4. The summed E-state index contributed by atoms with van der Waals surface area (Å²) in [6, 6.07) is 1.62. The number of nitrogens with zero attached hydrogens (tertiary/aromatic N) is 4. The van der Waals surface area contributed by atoms with Gasteiger partial charge < -0.3 is 0 Å². The van der Waals surface area contributed by atoms with E-state index in [2.05, 4.69) is 15.1 Å². The Hall–Kier alpha value is -1.47. The molecular formula is C8H7ClN4O2S. The third kappa shape index (κ3) is 1.91. The van der Waals surface area contributed by atoms with E-state index in [0.717, 1.165) is 0 Å². The van der Waals surface area contributed by atoms with Gasteiger partial charge in [0.05, 0.1) is 11.9 Å². The predicted octanol–water partition coefficient (Wildman–Crippen LogP) is 0.898. The normalized spacial score (nSPS) is 11.6. The molecule has 16 heavy (non-hydrogen) atoms. The third-order valence-electron chi connectivity index (χ3n) is 2.01. The number of aromatic nitrogens is 4. The zero-order valence-electron chi connectivity index (χ0n) is 8.20. The molecule has 0 amide bonds. The zero-order chi connectivity index (χ0) is 11.8. The van der Waals surface area contributed by atoms with Gasteiger partial charge in [0.25, 0.3) is 9.05 Å². The van der Waals surface area contributed by atoms with Crippen molar-refractivity contribution < 1.29 is 8.42 Å². The molecule has 8 heteroatoms. The lowest BCUT2D eigenvalue weighted by Gasteiger charge is -2.02. The van der Waals surface area contributed by atoms with Gasteiger partial charge in [0.15, 0.2) is 5.82 Å². The Morgan fingerprint density at radius 3 is 2.69 bits per heavy atom. The van der Waals surface area contributed by atoms with Crippen LogP contribution in [-0.2, 0) is 9.05 Å². The Morgan fingerprint density at radius 1 is 1.44 bits per heavy atom. The van der Waals surface area contributed by atoms with Crippen molar-refractivity contribution >= 4 is 19.7 Å². The standard InChI is InChI=1S/C8H7ClN4O2S/c1-6-7(16(9,14)15)4-12-13(6)8-2-3-10-5-11-8/h2-5H,1H3. The molecule has 0 spiro atoms. The van der Waals surface area contributed by atoms with Crippen molar-refractivity contribution in [2.75, 3.05) is 0 Å². The molecular weight excluding hydrogens is 252 g/mol. The fourth-order valence-corrected chi connectivity index (χ4v) is 2.34. The highest BCUT2D eigenvalue weighted by molar-refractivity contribution is 8.13. The minimum Gasteiger partial charge on any atom is -0.245 e. The second-order valence-corrected chi connectivity index (χ2v) is 5.55. The molecule has 84 valence electrons. The maximum absolute atomic E-state index is 11.2. The van der Waals surface area contributed by atoms with Crippen LogP contribution in [0.5, 0.6) is 0 Å². The van der Waals surface area contributed by atoms with E-state index in [4.69, 9.17) is 10.7 Å². The van der Waals surface area contributed by atoms with Gasteiger partial charge in [-0.2, -0.15) is 5.10 Å². The maximum Gasteiger partial charge on any atom is 0.264 e. The van der Waals surface area contributed by atoms with Crippen molar-refractivity contribution in [2.24, 2.45) is 0 Å². The molecule has 0 unspecified atom stereocenters. The summed E-state index contributed by atoms with van der Waals surface area (Å²) in [6.45, 7) is 1.60. The van der Waals surface area contributed by atoms with Gasteiger partial charge >= 0.3 is 0 Å². The highest BCUT2D eigenvalue weighted by Gasteiger charge is 2.18. The summed E-state index contributed by atoms with van der Waals surface area (Å²) in [6.07, 6.45) is 4.09. The van der Waals surface area contributed by atoms with Crippen LogP contribution >= 0.6 is 10.7 Å². The second-order valence-electron chi connectivity index (χ2n) is 3.01. The van der Waals surface area contributed by atoms with Crippen molar-refractivity contribution in [1.82, 2.24) is 19.7 Å². The van der Waals surface area contributed by atoms with Gasteiger partial charge in [-0.25, -0.2) is 23.1 Å². The monoisotopic (exact) mass is 258 g/mol. The van der Waals surface area contributed by atoms with E-state index in [1.807, 2.05) is 0 Å². The fraction of sp³-hybridized carbons (Fsp3) is 0.125. The summed E-state index contributed by atoms with van der Waals surface area (Å²) in [7, 11) is 1.48. The maximum atomic E-state index is 11.2. The van der Waals surface area contributed by atoms with Crippen LogP contribution in [0, 0.1) is 6.92 Å². The summed E-state index contributed by atoms with van der Waals surface area (Å²) < 4.78 is 23.7. The molecule has 0 N–H and O–H groups in total. The Balaban J connectivity index is 2.59. The van der Waals surface area contributed by atoms with Crippen molar-refractivity contribution in [1.29, 1.82) is 0 Å². The zero-order valence-corrected chi connectivity index (χ0v) is 9.77. The van der Waals surface area contributed by atoms with E-state index < -0.39 is 9.05 Å². The van der Waals surface area contributed by atoms with Crippen LogP contribution in [0.3, 0.4) is 0 Å². The average Bonchev–Trinajstić information content (AvgIpc) is 2.61. The highest BCUT2D eigenvalue weighted by atomic mass is 35.7. The summed E-state index contributed by atoms with van der Waals surface area (Å²) in [5.41, 5.74) is 0.411. The molecule has 0 radical (unpaired) electrons. The molecule has 0 atom stereocenters. The average molecular weight is 259 g/mol. The van der Waals surface area contributed by atoms with Crippen molar-refractivity contribution in [3.8, 4) is 5.82 Å². The van der Waals surface area contributed by atoms with Crippen LogP contribution in [0.15, 0.2) is 29.7 Å². The Bertz CT molecular complexity index is 608. The lowest BCUT2D eigenvalue weighted by molar-refractivity contribution is 0.609. The molecule has 2 aromatic heterocycles. The Kier molecular flexibility index (Phi) is 2.64. The number of hydrogen-bond donors (Lipinski definition) is 0. The SMILES string of the molecule is Cc1c(S(=O)(=O)Cl)cnn1-c1ccncn1. The van der Waals surface area contributed by atoms with Crippen molar-refractivity contribution in [3.05, 3.63) is 30.5 Å². The number of halogens is 1. The Labute approximate surface area is 96.3 Å². The fourth-order valence-electron chi connectivity index (χ4n) is 1.27. The number of rotatable bonds is 2. The third-order valence-corrected chi connectivity index (χ3v) is 3.44. The van der Waals surface area contributed by atoms with E-state index >= 15 is 0 Å². The smallest absolute Gasteiger partial charge is 0.245 e. The number of hydrogen-bond acceptors (Lipinski definition) is 5. The molecule has 0 saturated carbocycles. The van der Waals surface area contributed by atoms with Gasteiger partial charge in [-0.15, -0.1) is 0 Å². The van der Waals surface area contributed by atoms with Crippen LogP contribution < -0.4 is 0 Å². The predicted molar refractivity (Wildman–Crippen MR) is 56.9 cm³/mol. The largest absolute Gasteiger partial charge is 0.264 e. The van der Waals surface area contributed by atoms with Crippen LogP contribution in [0.4, 0.5) is 0 Å². The van der Waals surface area contributed by atoms with Gasteiger partial charge in [0.1, 0.15) is 11.2 Å². The molecule has 2 heterocycles. The van der Waals surface area contributed by atoms with Gasteiger partial charge in [-0.3, -0.25) is 0 Å². The minimum absolute atomic E-state index is 0.0206.